The van der Waals surface area contributed by atoms with Crippen molar-refractivity contribution in [2.45, 2.75) is 13.5 Å². The molecule has 2 aromatic rings. The molecule has 3 rings (SSSR count). The summed E-state index contributed by atoms with van der Waals surface area (Å²) >= 11 is 15.6. The SMILES string of the molecule is CCOc1cc(/C=C2\SC(=NC)N(C)C2=O)cc(I)c1OCc1ccc(Cl)c(Cl)c1. The number of carbonyl (C=O) groups is 1. The van der Waals surface area contributed by atoms with E-state index < -0.39 is 0 Å². The van der Waals surface area contributed by atoms with Crippen molar-refractivity contribution < 1.29 is 14.3 Å². The van der Waals surface area contributed by atoms with Gasteiger partial charge in [0.2, 0.25) is 0 Å². The Kier molecular flexibility index (Phi) is 7.95. The molecule has 1 amide bonds. The molecule has 9 heteroatoms. The Hall–Kier alpha value is -1.42. The molecule has 0 saturated carbocycles. The third-order valence-electron chi connectivity index (χ3n) is 4.19. The molecule has 0 unspecified atom stereocenters. The number of thioether (sulfide) groups is 1. The molecule has 0 radical (unpaired) electrons. The van der Waals surface area contributed by atoms with Gasteiger partial charge in [0, 0.05) is 14.1 Å². The van der Waals surface area contributed by atoms with Gasteiger partial charge >= 0.3 is 0 Å². The highest BCUT2D eigenvalue weighted by Crippen LogP contribution is 2.37. The van der Waals surface area contributed by atoms with Gasteiger partial charge in [-0.05, 0) is 82.7 Å². The van der Waals surface area contributed by atoms with Crippen LogP contribution in [0.25, 0.3) is 6.08 Å². The minimum atomic E-state index is -0.0755. The van der Waals surface area contributed by atoms with Crippen molar-refractivity contribution in [3.05, 3.63) is 60.0 Å². The molecule has 1 heterocycles. The lowest BCUT2D eigenvalue weighted by atomic mass is 10.1. The molecule has 0 bridgehead atoms. The molecular weight excluding hydrogens is 558 g/mol. The zero-order chi connectivity index (χ0) is 21.8. The third kappa shape index (κ3) is 5.25. The van der Waals surface area contributed by atoms with E-state index in [0.29, 0.717) is 44.8 Å². The van der Waals surface area contributed by atoms with Gasteiger partial charge in [-0.25, -0.2) is 0 Å². The minimum absolute atomic E-state index is 0.0755. The Bertz CT molecular complexity index is 1040. The number of hydrogen-bond donors (Lipinski definition) is 0. The number of hydrogen-bond acceptors (Lipinski definition) is 5. The number of likely N-dealkylation sites (N-methyl/N-ethyl adjacent to an activating group) is 1. The maximum Gasteiger partial charge on any atom is 0.266 e. The quantitative estimate of drug-likeness (QED) is 0.308. The molecular formula is C21H19Cl2IN2O3S. The number of halogens is 3. The van der Waals surface area contributed by atoms with E-state index in [1.807, 2.05) is 31.2 Å². The van der Waals surface area contributed by atoms with Crippen molar-refractivity contribution in [1.29, 1.82) is 0 Å². The Morgan fingerprint density at radius 2 is 1.97 bits per heavy atom. The van der Waals surface area contributed by atoms with Gasteiger partial charge in [0.05, 0.1) is 25.1 Å². The monoisotopic (exact) mass is 576 g/mol. The van der Waals surface area contributed by atoms with Crippen LogP contribution in [0.15, 0.2) is 40.2 Å². The molecule has 0 N–H and O–H groups in total. The van der Waals surface area contributed by atoms with Gasteiger partial charge < -0.3 is 9.47 Å². The van der Waals surface area contributed by atoms with Crippen LogP contribution in [0.5, 0.6) is 11.5 Å². The van der Waals surface area contributed by atoms with Crippen molar-refractivity contribution in [3.8, 4) is 11.5 Å². The fourth-order valence-electron chi connectivity index (χ4n) is 2.76. The number of benzene rings is 2. The first-order valence-corrected chi connectivity index (χ1v) is 11.7. The first kappa shape index (κ1) is 23.2. The van der Waals surface area contributed by atoms with Gasteiger partial charge in [-0.15, -0.1) is 0 Å². The summed E-state index contributed by atoms with van der Waals surface area (Å²) in [5.74, 6) is 1.18. The van der Waals surface area contributed by atoms with Gasteiger partial charge in [0.1, 0.15) is 6.61 Å². The van der Waals surface area contributed by atoms with E-state index in [-0.39, 0.29) is 5.91 Å². The fraction of sp³-hybridized carbons (Fsp3) is 0.238. The summed E-state index contributed by atoms with van der Waals surface area (Å²) < 4.78 is 12.7. The molecule has 2 aromatic carbocycles. The number of amides is 1. The Morgan fingerprint density at radius 1 is 1.20 bits per heavy atom. The van der Waals surface area contributed by atoms with Crippen molar-refractivity contribution in [1.82, 2.24) is 4.90 Å². The van der Waals surface area contributed by atoms with Crippen LogP contribution in [0.3, 0.4) is 0 Å². The lowest BCUT2D eigenvalue weighted by Gasteiger charge is -2.15. The predicted molar refractivity (Wildman–Crippen MR) is 133 cm³/mol. The molecule has 1 aliphatic rings. The summed E-state index contributed by atoms with van der Waals surface area (Å²) in [4.78, 5) is 18.7. The zero-order valence-electron chi connectivity index (χ0n) is 16.5. The Balaban J connectivity index is 1.88. The number of amidine groups is 1. The molecule has 1 fully saturated rings. The summed E-state index contributed by atoms with van der Waals surface area (Å²) in [6.07, 6.45) is 1.84. The molecule has 1 saturated heterocycles. The fourth-order valence-corrected chi connectivity index (χ4v) is 4.79. The van der Waals surface area contributed by atoms with E-state index in [1.165, 1.54) is 11.8 Å². The molecule has 0 aromatic heterocycles. The average molecular weight is 577 g/mol. The molecule has 5 nitrogen and oxygen atoms in total. The molecule has 0 aliphatic carbocycles. The maximum absolute atomic E-state index is 12.4. The predicted octanol–water partition coefficient (Wildman–Crippen LogP) is 6.11. The molecule has 158 valence electrons. The highest BCUT2D eigenvalue weighted by atomic mass is 127. The highest BCUT2D eigenvalue weighted by Gasteiger charge is 2.29. The lowest BCUT2D eigenvalue weighted by Crippen LogP contribution is -2.23. The summed E-state index contributed by atoms with van der Waals surface area (Å²) in [5, 5.41) is 1.66. The van der Waals surface area contributed by atoms with Crippen molar-refractivity contribution >= 4 is 74.7 Å². The normalized spacial score (nSPS) is 16.6. The van der Waals surface area contributed by atoms with E-state index in [1.54, 1.807) is 31.1 Å². The standard InChI is InChI=1S/C21H19Cl2IN2O3S/c1-4-28-17-9-13(10-18-20(27)26(3)21(25-2)30-18)8-16(24)19(17)29-11-12-5-6-14(22)15(23)7-12/h5-10H,4,11H2,1-3H3/b18-10-,25-21?. The first-order valence-electron chi connectivity index (χ1n) is 9.01. The van der Waals surface area contributed by atoms with Gasteiger partial charge in [0.25, 0.3) is 5.91 Å². The average Bonchev–Trinajstić information content (AvgIpc) is 2.98. The van der Waals surface area contributed by atoms with Gasteiger partial charge in [-0.3, -0.25) is 14.7 Å². The van der Waals surface area contributed by atoms with Gasteiger partial charge in [-0.2, -0.15) is 0 Å². The number of rotatable bonds is 6. The number of aliphatic imine (C=N–C) groups is 1. The number of carbonyl (C=O) groups excluding carboxylic acids is 1. The molecule has 0 atom stereocenters. The first-order chi connectivity index (χ1) is 14.3. The van der Waals surface area contributed by atoms with Gasteiger partial charge in [0.15, 0.2) is 16.7 Å². The molecule has 30 heavy (non-hydrogen) atoms. The van der Waals surface area contributed by atoms with Crippen LogP contribution in [-0.4, -0.2) is 36.7 Å². The Labute approximate surface area is 203 Å². The number of ether oxygens (including phenoxy) is 2. The largest absolute Gasteiger partial charge is 0.490 e. The molecule has 1 aliphatic heterocycles. The highest BCUT2D eigenvalue weighted by molar-refractivity contribution is 14.1. The number of nitrogens with zero attached hydrogens (tertiary/aromatic N) is 2. The van der Waals surface area contributed by atoms with Crippen LogP contribution in [-0.2, 0) is 11.4 Å². The second-order valence-corrected chi connectivity index (χ2v) is 9.27. The molecule has 0 spiro atoms. The topological polar surface area (TPSA) is 51.1 Å². The van der Waals surface area contributed by atoms with Crippen molar-refractivity contribution in [3.63, 3.8) is 0 Å². The summed E-state index contributed by atoms with van der Waals surface area (Å²) in [7, 11) is 3.39. The maximum atomic E-state index is 12.4. The van der Waals surface area contributed by atoms with Crippen LogP contribution < -0.4 is 9.47 Å². The van der Waals surface area contributed by atoms with Crippen molar-refractivity contribution in [2.24, 2.45) is 4.99 Å². The van der Waals surface area contributed by atoms with E-state index in [9.17, 15) is 4.79 Å². The second kappa shape index (κ2) is 10.3. The van der Waals surface area contributed by atoms with E-state index in [2.05, 4.69) is 27.6 Å². The summed E-state index contributed by atoms with van der Waals surface area (Å²) in [6.45, 7) is 2.72. The van der Waals surface area contributed by atoms with E-state index in [4.69, 9.17) is 32.7 Å². The minimum Gasteiger partial charge on any atom is -0.490 e. The van der Waals surface area contributed by atoms with Crippen LogP contribution >= 0.6 is 57.6 Å². The smallest absolute Gasteiger partial charge is 0.266 e. The van der Waals surface area contributed by atoms with Crippen molar-refractivity contribution in [2.75, 3.05) is 20.7 Å². The summed E-state index contributed by atoms with van der Waals surface area (Å²) in [5.41, 5.74) is 1.75. The summed E-state index contributed by atoms with van der Waals surface area (Å²) in [6, 6.07) is 9.22. The van der Waals surface area contributed by atoms with Crippen LogP contribution in [0.1, 0.15) is 18.1 Å². The lowest BCUT2D eigenvalue weighted by molar-refractivity contribution is -0.121. The van der Waals surface area contributed by atoms with E-state index in [0.717, 1.165) is 14.7 Å². The third-order valence-corrected chi connectivity index (χ3v) is 6.88. The van der Waals surface area contributed by atoms with Crippen LogP contribution in [0.2, 0.25) is 10.0 Å². The van der Waals surface area contributed by atoms with Gasteiger partial charge in [-0.1, -0.05) is 29.3 Å². The zero-order valence-corrected chi connectivity index (χ0v) is 21.0. The van der Waals surface area contributed by atoms with Crippen LogP contribution in [0, 0.1) is 3.57 Å². The second-order valence-electron chi connectivity index (χ2n) is 6.28. The Morgan fingerprint density at radius 3 is 2.60 bits per heavy atom. The van der Waals surface area contributed by atoms with Crippen LogP contribution in [0.4, 0.5) is 0 Å². The van der Waals surface area contributed by atoms with E-state index >= 15 is 0 Å².